The highest BCUT2D eigenvalue weighted by Gasteiger charge is 2.03. The third-order valence-electron chi connectivity index (χ3n) is 6.80. The van der Waals surface area contributed by atoms with Crippen molar-refractivity contribution in [3.8, 4) is 0 Å². The van der Waals surface area contributed by atoms with Gasteiger partial charge in [-0.1, -0.05) is 99.9 Å². The molecule has 0 aliphatic rings. The molecular weight excluding hydrogens is 648 g/mol. The van der Waals surface area contributed by atoms with Crippen molar-refractivity contribution in [1.82, 2.24) is 0 Å². The maximum absolute atomic E-state index is 11.8. The van der Waals surface area contributed by atoms with Crippen LogP contribution in [0.25, 0.3) is 0 Å². The number of esters is 1. The molecule has 0 saturated heterocycles. The van der Waals surface area contributed by atoms with Crippen molar-refractivity contribution in [3.63, 3.8) is 0 Å². The monoisotopic (exact) mass is 714 g/mol. The molecule has 0 bridgehead atoms. The van der Waals surface area contributed by atoms with Gasteiger partial charge in [0.1, 0.15) is 6.61 Å². The molecule has 0 aromatic rings. The number of unbranched alkanes of at least 4 members (excludes halogenated alkanes) is 12. The van der Waals surface area contributed by atoms with Gasteiger partial charge in [-0.15, -0.1) is 0 Å². The molecule has 0 N–H and O–H groups in total. The van der Waals surface area contributed by atoms with Gasteiger partial charge in [0.2, 0.25) is 0 Å². The second-order valence-electron chi connectivity index (χ2n) is 10.8. The quantitative estimate of drug-likeness (QED) is 0.0395. The van der Waals surface area contributed by atoms with Crippen LogP contribution in [0.5, 0.6) is 0 Å². The molecule has 0 spiro atoms. The van der Waals surface area contributed by atoms with Crippen LogP contribution in [0.2, 0.25) is 0 Å². The Morgan fingerprint density at radius 3 is 0.956 bits per heavy atom. The maximum atomic E-state index is 11.8. The molecule has 0 atom stereocenters. The van der Waals surface area contributed by atoms with Gasteiger partial charge in [0, 0.05) is 11.8 Å². The van der Waals surface area contributed by atoms with Crippen molar-refractivity contribution >= 4 is 21.9 Å². The second-order valence-corrected chi connectivity index (χ2v) is 11.6. The normalized spacial score (nSPS) is 11.4. The van der Waals surface area contributed by atoms with Crippen LogP contribution < -0.4 is 0 Å². The lowest BCUT2D eigenvalue weighted by Crippen LogP contribution is -2.15. The number of carbonyl (C=O) groups is 1. The first-order chi connectivity index (χ1) is 22.3. The van der Waals surface area contributed by atoms with Gasteiger partial charge in [-0.25, -0.2) is 0 Å². The van der Waals surface area contributed by atoms with Gasteiger partial charge >= 0.3 is 5.97 Å². The molecule has 0 unspecified atom stereocenters. The van der Waals surface area contributed by atoms with Crippen LogP contribution in [-0.4, -0.2) is 124 Å². The van der Waals surface area contributed by atoms with Gasteiger partial charge in [-0.3, -0.25) is 4.79 Å². The maximum Gasteiger partial charge on any atom is 0.305 e. The van der Waals surface area contributed by atoms with E-state index < -0.39 is 0 Å². The molecule has 270 valence electrons. The zero-order valence-corrected chi connectivity index (χ0v) is 30.2. The van der Waals surface area contributed by atoms with Crippen molar-refractivity contribution in [2.75, 3.05) is 118 Å². The van der Waals surface area contributed by atoms with E-state index in [1.807, 2.05) is 0 Å². The SMILES string of the molecule is CCCCCCCCCCCCCCCC(=O)OCCOCCOCCOCCOCCOCCOCCOCCOCCBr. The average Bonchev–Trinajstić information content (AvgIpc) is 3.05. The summed E-state index contributed by atoms with van der Waals surface area (Å²) in [7, 11) is 0. The summed E-state index contributed by atoms with van der Waals surface area (Å²) in [5.41, 5.74) is 0. The predicted octanol–water partition coefficient (Wildman–Crippen LogP) is 6.54. The Hall–Kier alpha value is -0.370. The summed E-state index contributed by atoms with van der Waals surface area (Å²) >= 11 is 3.30. The lowest BCUT2D eigenvalue weighted by atomic mass is 10.0. The molecule has 0 rings (SSSR count). The van der Waals surface area contributed by atoms with E-state index in [4.69, 9.17) is 42.6 Å². The predicted molar refractivity (Wildman–Crippen MR) is 182 cm³/mol. The molecule has 0 saturated carbocycles. The van der Waals surface area contributed by atoms with Crippen LogP contribution in [0.1, 0.15) is 96.8 Å². The number of hydrogen-bond donors (Lipinski definition) is 0. The summed E-state index contributed by atoms with van der Waals surface area (Å²) in [5.74, 6) is -0.128. The van der Waals surface area contributed by atoms with Crippen LogP contribution in [0.3, 0.4) is 0 Å². The van der Waals surface area contributed by atoms with Gasteiger partial charge < -0.3 is 42.6 Å². The smallest absolute Gasteiger partial charge is 0.305 e. The van der Waals surface area contributed by atoms with Crippen LogP contribution in [0, 0.1) is 0 Å². The molecule has 0 aliphatic carbocycles. The first kappa shape index (κ1) is 44.6. The number of alkyl halides is 1. The summed E-state index contributed by atoms with van der Waals surface area (Å²) < 4.78 is 48.7. The Bertz CT molecular complexity index is 559. The van der Waals surface area contributed by atoms with Crippen LogP contribution >= 0.6 is 15.9 Å². The highest BCUT2D eigenvalue weighted by molar-refractivity contribution is 9.09. The number of ether oxygens (including phenoxy) is 9. The fourth-order valence-corrected chi connectivity index (χ4v) is 4.50. The Morgan fingerprint density at radius 1 is 0.378 bits per heavy atom. The van der Waals surface area contributed by atoms with E-state index in [1.165, 1.54) is 70.6 Å². The molecule has 0 aromatic heterocycles. The summed E-state index contributed by atoms with van der Waals surface area (Å²) in [6.45, 7) is 11.0. The molecule has 0 aliphatic heterocycles. The molecule has 0 radical (unpaired) electrons. The standard InChI is InChI=1S/C34H67BrO10/c1-2-3-4-5-6-7-8-9-10-11-12-13-14-15-34(36)45-33-32-44-31-30-43-29-28-42-27-26-41-25-24-40-23-22-39-21-20-38-19-18-37-17-16-35/h2-33H2,1H3. The molecule has 0 heterocycles. The highest BCUT2D eigenvalue weighted by Crippen LogP contribution is 2.13. The van der Waals surface area contributed by atoms with Crippen molar-refractivity contribution < 1.29 is 47.4 Å². The van der Waals surface area contributed by atoms with Crippen molar-refractivity contribution in [1.29, 1.82) is 0 Å². The van der Waals surface area contributed by atoms with Crippen LogP contribution in [0.15, 0.2) is 0 Å². The van der Waals surface area contributed by atoms with Gasteiger partial charge in [0.05, 0.1) is 106 Å². The first-order valence-electron chi connectivity index (χ1n) is 17.6. The molecule has 0 fully saturated rings. The highest BCUT2D eigenvalue weighted by atomic mass is 79.9. The average molecular weight is 716 g/mol. The van der Waals surface area contributed by atoms with Crippen molar-refractivity contribution in [2.45, 2.75) is 96.8 Å². The Balaban J connectivity index is 3.12. The van der Waals surface area contributed by atoms with E-state index in [9.17, 15) is 4.79 Å². The number of halogens is 1. The minimum Gasteiger partial charge on any atom is -0.463 e. The van der Waals surface area contributed by atoms with Gasteiger partial charge in [0.25, 0.3) is 0 Å². The topological polar surface area (TPSA) is 100 Å². The Kier molecular flexibility index (Phi) is 41.3. The van der Waals surface area contributed by atoms with E-state index in [0.717, 1.165) is 18.2 Å². The number of hydrogen-bond acceptors (Lipinski definition) is 10. The minimum absolute atomic E-state index is 0.128. The van der Waals surface area contributed by atoms with Gasteiger partial charge in [-0.05, 0) is 6.42 Å². The number of carbonyl (C=O) groups excluding carboxylic acids is 1. The van der Waals surface area contributed by atoms with Crippen LogP contribution in [0.4, 0.5) is 0 Å². The van der Waals surface area contributed by atoms with E-state index in [-0.39, 0.29) is 5.97 Å². The van der Waals surface area contributed by atoms with Gasteiger partial charge in [0.15, 0.2) is 0 Å². The Labute approximate surface area is 283 Å². The summed E-state index contributed by atoms with van der Waals surface area (Å²) in [4.78, 5) is 11.8. The third kappa shape index (κ3) is 41.6. The molecule has 11 heteroatoms. The molecule has 10 nitrogen and oxygen atoms in total. The van der Waals surface area contributed by atoms with E-state index in [0.29, 0.717) is 119 Å². The second kappa shape index (κ2) is 41.7. The Morgan fingerprint density at radius 2 is 0.644 bits per heavy atom. The van der Waals surface area contributed by atoms with E-state index in [1.54, 1.807) is 0 Å². The zero-order valence-electron chi connectivity index (χ0n) is 28.6. The van der Waals surface area contributed by atoms with E-state index in [2.05, 4.69) is 22.9 Å². The molecule has 0 amide bonds. The lowest BCUT2D eigenvalue weighted by Gasteiger charge is -2.09. The molecule has 0 aromatic carbocycles. The molecular formula is C34H67BrO10. The van der Waals surface area contributed by atoms with E-state index >= 15 is 0 Å². The lowest BCUT2D eigenvalue weighted by molar-refractivity contribution is -0.145. The zero-order chi connectivity index (χ0) is 32.6. The van der Waals surface area contributed by atoms with Crippen molar-refractivity contribution in [2.24, 2.45) is 0 Å². The minimum atomic E-state index is -0.128. The summed E-state index contributed by atoms with van der Waals surface area (Å²) in [6, 6.07) is 0. The largest absolute Gasteiger partial charge is 0.463 e. The van der Waals surface area contributed by atoms with Crippen LogP contribution in [-0.2, 0) is 47.4 Å². The summed E-state index contributed by atoms with van der Waals surface area (Å²) in [5, 5.41) is 0.838. The summed E-state index contributed by atoms with van der Waals surface area (Å²) in [6.07, 6.45) is 17.4. The number of rotatable bonds is 40. The third-order valence-corrected chi connectivity index (χ3v) is 7.12. The molecule has 45 heavy (non-hydrogen) atoms. The first-order valence-corrected chi connectivity index (χ1v) is 18.8. The fourth-order valence-electron chi connectivity index (χ4n) is 4.27. The van der Waals surface area contributed by atoms with Crippen molar-refractivity contribution in [3.05, 3.63) is 0 Å². The van der Waals surface area contributed by atoms with Gasteiger partial charge in [-0.2, -0.15) is 0 Å². The fraction of sp³-hybridized carbons (Fsp3) is 0.971.